The van der Waals surface area contributed by atoms with Crippen molar-refractivity contribution in [2.24, 2.45) is 5.92 Å². The van der Waals surface area contributed by atoms with E-state index in [1.54, 1.807) is 0 Å². The molecule has 0 aromatic heterocycles. The first-order valence-corrected chi connectivity index (χ1v) is 5.14. The largest absolute Gasteiger partial charge is 0.0956 e. The monoisotopic (exact) mass is 190 g/mol. The average molecular weight is 190 g/mol. The van der Waals surface area contributed by atoms with Gasteiger partial charge < -0.3 is 0 Å². The Morgan fingerprint density at radius 3 is 2.00 bits per heavy atom. The predicted molar refractivity (Wildman–Crippen MR) is 66.3 cm³/mol. The van der Waals surface area contributed by atoms with Gasteiger partial charge in [-0.25, -0.2) is 0 Å². The fourth-order valence-corrected chi connectivity index (χ4v) is 1.19. The van der Waals surface area contributed by atoms with Crippen LogP contribution in [0.1, 0.15) is 34.1 Å². The molecule has 0 aliphatic carbocycles. The maximum atomic E-state index is 4.07. The molecule has 0 atom stereocenters. The first kappa shape index (κ1) is 13.0. The SMILES string of the molecule is C=C(C)C(=C)/C=C(\C(=C)CC)C(C)C. The van der Waals surface area contributed by atoms with E-state index in [-0.39, 0.29) is 0 Å². The molecule has 14 heavy (non-hydrogen) atoms. The lowest BCUT2D eigenvalue weighted by molar-refractivity contribution is 0.767. The third-order valence-electron chi connectivity index (χ3n) is 2.33. The minimum atomic E-state index is 0.499. The lowest BCUT2D eigenvalue weighted by atomic mass is 9.92. The van der Waals surface area contributed by atoms with Crippen LogP contribution in [0, 0.1) is 5.92 Å². The molecule has 0 N–H and O–H groups in total. The van der Waals surface area contributed by atoms with Crippen LogP contribution in [0.3, 0.4) is 0 Å². The summed E-state index contributed by atoms with van der Waals surface area (Å²) in [7, 11) is 0. The first-order valence-electron chi connectivity index (χ1n) is 5.14. The summed E-state index contributed by atoms with van der Waals surface area (Å²) in [6, 6.07) is 0. The van der Waals surface area contributed by atoms with Gasteiger partial charge >= 0.3 is 0 Å². The van der Waals surface area contributed by atoms with Crippen LogP contribution in [-0.2, 0) is 0 Å². The molecule has 0 rings (SSSR count). The van der Waals surface area contributed by atoms with Crippen LogP contribution in [-0.4, -0.2) is 0 Å². The van der Waals surface area contributed by atoms with Crippen molar-refractivity contribution in [3.8, 4) is 0 Å². The van der Waals surface area contributed by atoms with E-state index in [0.717, 1.165) is 17.6 Å². The molecule has 0 nitrogen and oxygen atoms in total. The zero-order valence-corrected chi connectivity index (χ0v) is 9.98. The van der Waals surface area contributed by atoms with E-state index in [2.05, 4.69) is 46.6 Å². The molecule has 0 aliphatic rings. The van der Waals surface area contributed by atoms with E-state index in [4.69, 9.17) is 0 Å². The van der Waals surface area contributed by atoms with Crippen LogP contribution in [0.25, 0.3) is 0 Å². The summed E-state index contributed by atoms with van der Waals surface area (Å²) in [5.41, 5.74) is 4.51. The van der Waals surface area contributed by atoms with E-state index in [1.807, 2.05) is 6.92 Å². The molecule has 0 aromatic rings. The van der Waals surface area contributed by atoms with Crippen LogP contribution in [0.5, 0.6) is 0 Å². The number of allylic oxidation sites excluding steroid dienone is 5. The van der Waals surface area contributed by atoms with Gasteiger partial charge in [-0.05, 0) is 30.4 Å². The molecular weight excluding hydrogens is 168 g/mol. The molecule has 0 amide bonds. The van der Waals surface area contributed by atoms with Gasteiger partial charge in [0.05, 0.1) is 0 Å². The van der Waals surface area contributed by atoms with Crippen molar-refractivity contribution in [3.63, 3.8) is 0 Å². The summed E-state index contributed by atoms with van der Waals surface area (Å²) in [6.45, 7) is 20.4. The molecule has 0 fully saturated rings. The van der Waals surface area contributed by atoms with Crippen molar-refractivity contribution in [2.45, 2.75) is 34.1 Å². The Morgan fingerprint density at radius 2 is 1.71 bits per heavy atom. The van der Waals surface area contributed by atoms with Crippen LogP contribution in [0.4, 0.5) is 0 Å². The lowest BCUT2D eigenvalue weighted by Gasteiger charge is -2.14. The average Bonchev–Trinajstić information content (AvgIpc) is 2.11. The van der Waals surface area contributed by atoms with Crippen molar-refractivity contribution in [1.82, 2.24) is 0 Å². The highest BCUT2D eigenvalue weighted by molar-refractivity contribution is 5.42. The van der Waals surface area contributed by atoms with E-state index in [0.29, 0.717) is 5.92 Å². The van der Waals surface area contributed by atoms with E-state index in [9.17, 15) is 0 Å². The van der Waals surface area contributed by atoms with Crippen LogP contribution in [0.2, 0.25) is 0 Å². The summed E-state index contributed by atoms with van der Waals surface area (Å²) in [5.74, 6) is 0.499. The van der Waals surface area contributed by atoms with Gasteiger partial charge in [-0.1, -0.05) is 57.7 Å². The van der Waals surface area contributed by atoms with Gasteiger partial charge in [0.15, 0.2) is 0 Å². The molecule has 0 saturated heterocycles. The summed E-state index contributed by atoms with van der Waals surface area (Å²) in [5, 5.41) is 0. The predicted octanol–water partition coefficient (Wildman–Crippen LogP) is 4.67. The topological polar surface area (TPSA) is 0 Å². The maximum Gasteiger partial charge on any atom is -0.0216 e. The normalized spacial score (nSPS) is 11.6. The molecular formula is C14H22. The molecule has 0 unspecified atom stereocenters. The Hall–Kier alpha value is -1.04. The van der Waals surface area contributed by atoms with Gasteiger partial charge in [0.1, 0.15) is 0 Å². The molecule has 78 valence electrons. The van der Waals surface area contributed by atoms with Crippen molar-refractivity contribution in [3.05, 3.63) is 48.1 Å². The van der Waals surface area contributed by atoms with Crippen LogP contribution >= 0.6 is 0 Å². The zero-order valence-electron chi connectivity index (χ0n) is 9.98. The summed E-state index contributed by atoms with van der Waals surface area (Å²) in [4.78, 5) is 0. The summed E-state index contributed by atoms with van der Waals surface area (Å²) < 4.78 is 0. The number of hydrogen-bond acceptors (Lipinski definition) is 0. The van der Waals surface area contributed by atoms with Gasteiger partial charge in [-0.3, -0.25) is 0 Å². The molecule has 0 saturated carbocycles. The quantitative estimate of drug-likeness (QED) is 0.553. The second-order valence-electron chi connectivity index (χ2n) is 4.02. The van der Waals surface area contributed by atoms with E-state index in [1.165, 1.54) is 11.1 Å². The zero-order chi connectivity index (χ0) is 11.3. The van der Waals surface area contributed by atoms with Crippen LogP contribution in [0.15, 0.2) is 48.1 Å². The second-order valence-corrected chi connectivity index (χ2v) is 4.02. The highest BCUT2D eigenvalue weighted by Crippen LogP contribution is 2.23. The number of rotatable bonds is 5. The minimum absolute atomic E-state index is 0.499. The van der Waals surface area contributed by atoms with Gasteiger partial charge in [0, 0.05) is 0 Å². The summed E-state index contributed by atoms with van der Waals surface area (Å²) >= 11 is 0. The van der Waals surface area contributed by atoms with Gasteiger partial charge in [-0.2, -0.15) is 0 Å². The van der Waals surface area contributed by atoms with Crippen molar-refractivity contribution in [1.29, 1.82) is 0 Å². The highest BCUT2D eigenvalue weighted by atomic mass is 14.1. The molecule has 0 bridgehead atoms. The van der Waals surface area contributed by atoms with E-state index < -0.39 is 0 Å². The van der Waals surface area contributed by atoms with Gasteiger partial charge in [0.25, 0.3) is 0 Å². The molecule has 0 heteroatoms. The fraction of sp³-hybridized carbons (Fsp3) is 0.429. The maximum absolute atomic E-state index is 4.07. The smallest absolute Gasteiger partial charge is 0.0216 e. The van der Waals surface area contributed by atoms with Crippen molar-refractivity contribution >= 4 is 0 Å². The minimum Gasteiger partial charge on any atom is -0.0956 e. The van der Waals surface area contributed by atoms with Gasteiger partial charge in [-0.15, -0.1) is 0 Å². The van der Waals surface area contributed by atoms with Crippen molar-refractivity contribution in [2.75, 3.05) is 0 Å². The van der Waals surface area contributed by atoms with Gasteiger partial charge in [0.2, 0.25) is 0 Å². The standard InChI is InChI=1S/C14H22/c1-8-12(6)14(11(4)5)9-13(7)10(2)3/h9,11H,2,6-8H2,1,3-5H3/b14-9-. The molecule has 0 heterocycles. The molecule has 0 aromatic carbocycles. The van der Waals surface area contributed by atoms with E-state index >= 15 is 0 Å². The Labute approximate surface area is 88.7 Å². The fourth-order valence-electron chi connectivity index (χ4n) is 1.19. The number of hydrogen-bond donors (Lipinski definition) is 0. The summed E-state index contributed by atoms with van der Waals surface area (Å²) in [6.07, 6.45) is 3.10. The first-order chi connectivity index (χ1) is 6.40. The molecule has 0 aliphatic heterocycles. The highest BCUT2D eigenvalue weighted by Gasteiger charge is 2.06. The molecule has 0 radical (unpaired) electrons. The molecule has 0 spiro atoms. The second kappa shape index (κ2) is 5.64. The lowest BCUT2D eigenvalue weighted by Crippen LogP contribution is -1.97. The Kier molecular flexibility index (Phi) is 5.22. The van der Waals surface area contributed by atoms with Crippen LogP contribution < -0.4 is 0 Å². The third-order valence-corrected chi connectivity index (χ3v) is 2.33. The Morgan fingerprint density at radius 1 is 1.21 bits per heavy atom. The van der Waals surface area contributed by atoms with Crippen molar-refractivity contribution < 1.29 is 0 Å². The Bertz CT molecular complexity index is 274. The third kappa shape index (κ3) is 3.78. The Balaban J connectivity index is 4.92.